The molecular weight excluding hydrogens is 314 g/mol. The second-order valence-electron chi connectivity index (χ2n) is 7.46. The van der Waals surface area contributed by atoms with Crippen LogP contribution in [0.1, 0.15) is 49.0 Å². The Balaban J connectivity index is 1.86. The number of carbonyl (C=O) groups is 2. The van der Waals surface area contributed by atoms with Crippen LogP contribution in [0.25, 0.3) is 0 Å². The second-order valence-corrected chi connectivity index (χ2v) is 7.46. The quantitative estimate of drug-likeness (QED) is 0.866. The summed E-state index contributed by atoms with van der Waals surface area (Å²) in [5.41, 5.74) is -0.0432. The molecule has 0 heterocycles. The summed E-state index contributed by atoms with van der Waals surface area (Å²) in [7, 11) is 0. The molecule has 0 spiro atoms. The number of rotatable bonds is 4. The summed E-state index contributed by atoms with van der Waals surface area (Å²) < 4.78 is 5.60. The Morgan fingerprint density at radius 2 is 1.56 bits per heavy atom. The maximum Gasteiger partial charge on any atom is 0.333 e. The van der Waals surface area contributed by atoms with Crippen LogP contribution < -0.4 is 5.32 Å². The van der Waals surface area contributed by atoms with Gasteiger partial charge in [0, 0.05) is 11.5 Å². The fourth-order valence-electron chi connectivity index (χ4n) is 3.00. The average Bonchev–Trinajstić information content (AvgIpc) is 3.30. The van der Waals surface area contributed by atoms with E-state index in [0.717, 1.165) is 5.56 Å². The number of carbonyl (C=O) groups excluding carboxylic acids is 2. The summed E-state index contributed by atoms with van der Waals surface area (Å²) in [4.78, 5) is 25.5. The normalized spacial score (nSPS) is 22.1. The minimum Gasteiger partial charge on any atom is -0.458 e. The lowest BCUT2D eigenvalue weighted by Gasteiger charge is -2.25. The molecule has 4 heteroatoms. The molecule has 0 saturated heterocycles. The first-order valence-electron chi connectivity index (χ1n) is 8.48. The molecule has 0 aromatic heterocycles. The van der Waals surface area contributed by atoms with Crippen LogP contribution in [0.3, 0.4) is 0 Å². The molecule has 2 unspecified atom stereocenters. The van der Waals surface area contributed by atoms with E-state index in [2.05, 4.69) is 5.32 Å². The molecule has 2 aromatic rings. The van der Waals surface area contributed by atoms with Crippen LogP contribution in [-0.2, 0) is 9.53 Å². The Morgan fingerprint density at radius 3 is 2.12 bits per heavy atom. The van der Waals surface area contributed by atoms with Crippen LogP contribution >= 0.6 is 0 Å². The van der Waals surface area contributed by atoms with E-state index in [9.17, 15) is 9.59 Å². The maximum atomic E-state index is 12.9. The van der Waals surface area contributed by atoms with E-state index in [0.29, 0.717) is 12.0 Å². The number of hydrogen-bond donors (Lipinski definition) is 1. The van der Waals surface area contributed by atoms with Crippen LogP contribution in [0.15, 0.2) is 60.7 Å². The van der Waals surface area contributed by atoms with Crippen molar-refractivity contribution in [1.29, 1.82) is 0 Å². The predicted octanol–water partition coefficient (Wildman–Crippen LogP) is 3.68. The van der Waals surface area contributed by atoms with Crippen molar-refractivity contribution in [3.8, 4) is 0 Å². The maximum absolute atomic E-state index is 12.9. The Bertz CT molecular complexity index is 765. The molecule has 1 fully saturated rings. The summed E-state index contributed by atoms with van der Waals surface area (Å²) in [5, 5.41) is 2.94. The van der Waals surface area contributed by atoms with Crippen molar-refractivity contribution in [2.24, 2.45) is 0 Å². The zero-order valence-corrected chi connectivity index (χ0v) is 14.8. The summed E-state index contributed by atoms with van der Waals surface area (Å²) >= 11 is 0. The molecule has 25 heavy (non-hydrogen) atoms. The standard InChI is InChI=1S/C21H23NO3/c1-20(2,3)25-19(24)21(14-17(21)15-10-6-4-7-11-15)22-18(23)16-12-8-5-9-13-16/h4-13,17H,14H2,1-3H3,(H,22,23). The number of esters is 1. The molecule has 1 saturated carbocycles. The van der Waals surface area contributed by atoms with Crippen LogP contribution in [0.5, 0.6) is 0 Å². The van der Waals surface area contributed by atoms with Crippen molar-refractivity contribution in [3.05, 3.63) is 71.8 Å². The van der Waals surface area contributed by atoms with Gasteiger partial charge < -0.3 is 10.1 Å². The van der Waals surface area contributed by atoms with Gasteiger partial charge >= 0.3 is 5.97 Å². The number of ether oxygens (including phenoxy) is 1. The van der Waals surface area contributed by atoms with Gasteiger partial charge in [0.05, 0.1) is 0 Å². The summed E-state index contributed by atoms with van der Waals surface area (Å²) in [6.45, 7) is 5.49. The highest BCUT2D eigenvalue weighted by Crippen LogP contribution is 2.52. The summed E-state index contributed by atoms with van der Waals surface area (Å²) in [5.74, 6) is -0.709. The molecule has 1 aliphatic carbocycles. The van der Waals surface area contributed by atoms with Crippen molar-refractivity contribution in [1.82, 2.24) is 5.32 Å². The minimum atomic E-state index is -0.998. The molecule has 4 nitrogen and oxygen atoms in total. The monoisotopic (exact) mass is 337 g/mol. The molecule has 1 aliphatic rings. The summed E-state index contributed by atoms with van der Waals surface area (Å²) in [6, 6.07) is 18.7. The third kappa shape index (κ3) is 3.73. The van der Waals surface area contributed by atoms with E-state index < -0.39 is 11.1 Å². The topological polar surface area (TPSA) is 55.4 Å². The smallest absolute Gasteiger partial charge is 0.333 e. The second kappa shape index (κ2) is 6.36. The zero-order chi connectivity index (χ0) is 18.1. The Kier molecular flexibility index (Phi) is 4.38. The molecule has 0 aliphatic heterocycles. The van der Waals surface area contributed by atoms with Gasteiger partial charge in [-0.25, -0.2) is 4.79 Å². The molecule has 0 bridgehead atoms. The molecule has 130 valence electrons. The minimum absolute atomic E-state index is 0.0730. The number of nitrogens with one attached hydrogen (secondary N) is 1. The highest BCUT2D eigenvalue weighted by atomic mass is 16.6. The third-order valence-electron chi connectivity index (χ3n) is 4.30. The van der Waals surface area contributed by atoms with Crippen LogP contribution in [-0.4, -0.2) is 23.0 Å². The first-order chi connectivity index (χ1) is 11.8. The van der Waals surface area contributed by atoms with Crippen molar-refractivity contribution in [3.63, 3.8) is 0 Å². The van der Waals surface area contributed by atoms with Crippen molar-refractivity contribution in [2.75, 3.05) is 0 Å². The van der Waals surface area contributed by atoms with Crippen molar-refractivity contribution in [2.45, 2.75) is 44.2 Å². The predicted molar refractivity (Wildman–Crippen MR) is 96.3 cm³/mol. The van der Waals surface area contributed by atoms with Gasteiger partial charge in [0.15, 0.2) is 0 Å². The fraction of sp³-hybridized carbons (Fsp3) is 0.333. The van der Waals surface area contributed by atoms with Crippen LogP contribution in [0.4, 0.5) is 0 Å². The van der Waals surface area contributed by atoms with Gasteiger partial charge in [0.25, 0.3) is 5.91 Å². The third-order valence-corrected chi connectivity index (χ3v) is 4.30. The van der Waals surface area contributed by atoms with Gasteiger partial charge in [-0.2, -0.15) is 0 Å². The number of hydrogen-bond acceptors (Lipinski definition) is 3. The highest BCUT2D eigenvalue weighted by Gasteiger charge is 2.63. The van der Waals surface area contributed by atoms with Gasteiger partial charge in [-0.1, -0.05) is 48.5 Å². The van der Waals surface area contributed by atoms with Crippen molar-refractivity contribution >= 4 is 11.9 Å². The SMILES string of the molecule is CC(C)(C)OC(=O)C1(NC(=O)c2ccccc2)CC1c1ccccc1. The zero-order valence-electron chi connectivity index (χ0n) is 14.8. The van der Waals surface area contributed by atoms with E-state index in [1.807, 2.05) is 57.2 Å². The molecule has 2 atom stereocenters. The first kappa shape index (κ1) is 17.2. The van der Waals surface area contributed by atoms with Gasteiger partial charge in [0.1, 0.15) is 11.1 Å². The molecule has 3 rings (SSSR count). The largest absolute Gasteiger partial charge is 0.458 e. The molecule has 1 amide bonds. The first-order valence-corrected chi connectivity index (χ1v) is 8.48. The Hall–Kier alpha value is -2.62. The Labute approximate surface area is 148 Å². The van der Waals surface area contributed by atoms with Gasteiger partial charge in [0.2, 0.25) is 0 Å². The summed E-state index contributed by atoms with van der Waals surface area (Å²) in [6.07, 6.45) is 0.546. The number of amides is 1. The van der Waals surface area contributed by atoms with E-state index in [4.69, 9.17) is 4.74 Å². The lowest BCUT2D eigenvalue weighted by Crippen LogP contribution is -2.47. The number of benzene rings is 2. The average molecular weight is 337 g/mol. The van der Waals surface area contributed by atoms with Crippen LogP contribution in [0, 0.1) is 0 Å². The lowest BCUT2D eigenvalue weighted by molar-refractivity contribution is -0.158. The van der Waals surface area contributed by atoms with Gasteiger partial charge in [-0.15, -0.1) is 0 Å². The van der Waals surface area contributed by atoms with E-state index >= 15 is 0 Å². The van der Waals surface area contributed by atoms with E-state index in [1.54, 1.807) is 24.3 Å². The van der Waals surface area contributed by atoms with E-state index in [-0.39, 0.29) is 17.8 Å². The fourth-order valence-corrected chi connectivity index (χ4v) is 3.00. The van der Waals surface area contributed by atoms with Crippen molar-refractivity contribution < 1.29 is 14.3 Å². The van der Waals surface area contributed by atoms with E-state index in [1.165, 1.54) is 0 Å². The Morgan fingerprint density at radius 1 is 1.00 bits per heavy atom. The molecular formula is C21H23NO3. The molecule has 2 aromatic carbocycles. The van der Waals surface area contributed by atoms with Crippen LogP contribution in [0.2, 0.25) is 0 Å². The van der Waals surface area contributed by atoms with Gasteiger partial charge in [-0.05, 0) is 44.9 Å². The lowest BCUT2D eigenvalue weighted by atomic mass is 10.0. The highest BCUT2D eigenvalue weighted by molar-refractivity contribution is 6.00. The molecule has 1 N–H and O–H groups in total. The van der Waals surface area contributed by atoms with Gasteiger partial charge in [-0.3, -0.25) is 4.79 Å². The molecule has 0 radical (unpaired) electrons.